The lowest BCUT2D eigenvalue weighted by Crippen LogP contribution is -2.01. The van der Waals surface area contributed by atoms with Crippen LogP contribution in [0.1, 0.15) is 11.3 Å². The van der Waals surface area contributed by atoms with Crippen molar-refractivity contribution < 1.29 is 9.47 Å². The SMILES string of the molecule is COc1cc2ccc(C#N)nc2c(OCc2ccccc2)n1. The summed E-state index contributed by atoms with van der Waals surface area (Å²) in [6.45, 7) is 0.370. The number of aromatic nitrogens is 2. The lowest BCUT2D eigenvalue weighted by Gasteiger charge is -2.10. The van der Waals surface area contributed by atoms with Crippen molar-refractivity contribution in [2.45, 2.75) is 6.61 Å². The van der Waals surface area contributed by atoms with E-state index in [1.165, 1.54) is 0 Å². The second kappa shape index (κ2) is 6.10. The van der Waals surface area contributed by atoms with E-state index in [-0.39, 0.29) is 0 Å². The Bertz CT molecular complexity index is 842. The smallest absolute Gasteiger partial charge is 0.244 e. The monoisotopic (exact) mass is 291 g/mol. The van der Waals surface area contributed by atoms with Crippen molar-refractivity contribution in [2.24, 2.45) is 0 Å². The molecule has 0 fully saturated rings. The third-order valence-corrected chi connectivity index (χ3v) is 3.16. The minimum absolute atomic E-state index is 0.323. The van der Waals surface area contributed by atoms with E-state index < -0.39 is 0 Å². The maximum absolute atomic E-state index is 9.00. The van der Waals surface area contributed by atoms with E-state index >= 15 is 0 Å². The first-order chi connectivity index (χ1) is 10.8. The summed E-state index contributed by atoms with van der Waals surface area (Å²) in [6.07, 6.45) is 0. The molecule has 22 heavy (non-hydrogen) atoms. The van der Waals surface area contributed by atoms with E-state index in [2.05, 4.69) is 9.97 Å². The molecule has 1 aromatic carbocycles. The molecule has 2 heterocycles. The Hall–Kier alpha value is -3.13. The number of ether oxygens (including phenoxy) is 2. The fourth-order valence-corrected chi connectivity index (χ4v) is 2.07. The van der Waals surface area contributed by atoms with Crippen molar-refractivity contribution >= 4 is 10.9 Å². The summed E-state index contributed by atoms with van der Waals surface area (Å²) in [4.78, 5) is 8.57. The largest absolute Gasteiger partial charge is 0.481 e. The highest BCUT2D eigenvalue weighted by molar-refractivity contribution is 5.84. The summed E-state index contributed by atoms with van der Waals surface area (Å²) in [5.41, 5.74) is 1.90. The van der Waals surface area contributed by atoms with Gasteiger partial charge in [-0.1, -0.05) is 30.3 Å². The van der Waals surface area contributed by atoms with Gasteiger partial charge in [0.2, 0.25) is 11.8 Å². The molecule has 0 saturated heterocycles. The average Bonchev–Trinajstić information content (AvgIpc) is 2.59. The number of nitriles is 1. The third kappa shape index (κ3) is 2.81. The summed E-state index contributed by atoms with van der Waals surface area (Å²) in [7, 11) is 1.55. The lowest BCUT2D eigenvalue weighted by molar-refractivity contribution is 0.290. The average molecular weight is 291 g/mol. The normalized spacial score (nSPS) is 10.2. The van der Waals surface area contributed by atoms with E-state index in [0.717, 1.165) is 10.9 Å². The van der Waals surface area contributed by atoms with Crippen LogP contribution < -0.4 is 9.47 Å². The molecule has 0 aliphatic heterocycles. The van der Waals surface area contributed by atoms with Crippen LogP contribution in [0.2, 0.25) is 0 Å². The van der Waals surface area contributed by atoms with Crippen LogP contribution in [-0.4, -0.2) is 17.1 Å². The first-order valence-corrected chi connectivity index (χ1v) is 6.73. The molecule has 0 amide bonds. The molecule has 0 aliphatic carbocycles. The third-order valence-electron chi connectivity index (χ3n) is 3.16. The van der Waals surface area contributed by atoms with E-state index in [9.17, 15) is 0 Å². The summed E-state index contributed by atoms with van der Waals surface area (Å²) < 4.78 is 11.0. The van der Waals surface area contributed by atoms with Gasteiger partial charge < -0.3 is 9.47 Å². The number of benzene rings is 1. The topological polar surface area (TPSA) is 68.0 Å². The summed E-state index contributed by atoms with van der Waals surface area (Å²) in [6, 6.07) is 17.0. The second-order valence-electron chi connectivity index (χ2n) is 4.62. The standard InChI is InChI=1S/C17H13N3O2/c1-21-15-9-13-7-8-14(10-18)19-16(13)17(20-15)22-11-12-5-3-2-4-6-12/h2-9H,11H2,1H3. The predicted molar refractivity (Wildman–Crippen MR) is 81.6 cm³/mol. The molecule has 0 aliphatic rings. The van der Waals surface area contributed by atoms with Crippen molar-refractivity contribution in [1.29, 1.82) is 5.26 Å². The highest BCUT2D eigenvalue weighted by atomic mass is 16.5. The Morgan fingerprint density at radius 1 is 1.09 bits per heavy atom. The molecule has 0 radical (unpaired) electrons. The Morgan fingerprint density at radius 2 is 1.91 bits per heavy atom. The molecule has 0 saturated carbocycles. The fourth-order valence-electron chi connectivity index (χ4n) is 2.07. The fraction of sp³-hybridized carbons (Fsp3) is 0.118. The molecular weight excluding hydrogens is 278 g/mol. The van der Waals surface area contributed by atoms with Gasteiger partial charge in [-0.15, -0.1) is 0 Å². The van der Waals surface area contributed by atoms with Crippen molar-refractivity contribution in [3.63, 3.8) is 0 Å². The summed E-state index contributed by atoms with van der Waals surface area (Å²) in [5, 5.41) is 9.81. The molecule has 0 bridgehead atoms. The number of fused-ring (bicyclic) bond motifs is 1. The van der Waals surface area contributed by atoms with Gasteiger partial charge in [-0.2, -0.15) is 10.2 Å². The number of rotatable bonds is 4. The second-order valence-corrected chi connectivity index (χ2v) is 4.62. The Labute approximate surface area is 127 Å². The van der Waals surface area contributed by atoms with Crippen LogP contribution in [0.5, 0.6) is 11.8 Å². The van der Waals surface area contributed by atoms with Gasteiger partial charge in [0.1, 0.15) is 23.9 Å². The number of pyridine rings is 2. The lowest BCUT2D eigenvalue weighted by atomic mass is 10.2. The van der Waals surface area contributed by atoms with Crippen molar-refractivity contribution in [3.05, 3.63) is 59.8 Å². The number of nitrogens with zero attached hydrogens (tertiary/aromatic N) is 3. The van der Waals surface area contributed by atoms with E-state index in [4.69, 9.17) is 14.7 Å². The van der Waals surface area contributed by atoms with Gasteiger partial charge in [0, 0.05) is 11.5 Å². The van der Waals surface area contributed by atoms with Crippen molar-refractivity contribution in [3.8, 4) is 17.8 Å². The van der Waals surface area contributed by atoms with E-state index in [1.54, 1.807) is 25.3 Å². The summed E-state index contributed by atoms with van der Waals surface area (Å²) in [5.74, 6) is 0.803. The first kappa shape index (κ1) is 13.8. The zero-order chi connectivity index (χ0) is 15.4. The number of hydrogen-bond donors (Lipinski definition) is 0. The van der Waals surface area contributed by atoms with E-state index in [0.29, 0.717) is 29.6 Å². The minimum Gasteiger partial charge on any atom is -0.481 e. The maximum Gasteiger partial charge on any atom is 0.244 e. The quantitative estimate of drug-likeness (QED) is 0.739. The minimum atomic E-state index is 0.323. The molecule has 2 aromatic heterocycles. The van der Waals surface area contributed by atoms with Crippen LogP contribution in [0.15, 0.2) is 48.5 Å². The maximum atomic E-state index is 9.00. The van der Waals surface area contributed by atoms with Gasteiger partial charge in [0.25, 0.3) is 0 Å². The van der Waals surface area contributed by atoms with Gasteiger partial charge in [-0.05, 0) is 17.7 Å². The Morgan fingerprint density at radius 3 is 2.64 bits per heavy atom. The van der Waals surface area contributed by atoms with Crippen LogP contribution in [0, 0.1) is 11.3 Å². The molecule has 5 heteroatoms. The molecule has 3 rings (SSSR count). The van der Waals surface area contributed by atoms with Crippen LogP contribution in [0.4, 0.5) is 0 Å². The molecule has 0 N–H and O–H groups in total. The molecule has 0 spiro atoms. The summed E-state index contributed by atoms with van der Waals surface area (Å²) >= 11 is 0. The van der Waals surface area contributed by atoms with Gasteiger partial charge >= 0.3 is 0 Å². The van der Waals surface area contributed by atoms with Crippen LogP contribution in [-0.2, 0) is 6.61 Å². The zero-order valence-electron chi connectivity index (χ0n) is 12.0. The van der Waals surface area contributed by atoms with Gasteiger partial charge in [-0.25, -0.2) is 4.98 Å². The van der Waals surface area contributed by atoms with Gasteiger partial charge in [0.15, 0.2) is 0 Å². The zero-order valence-corrected chi connectivity index (χ0v) is 12.0. The molecule has 108 valence electrons. The molecular formula is C17H13N3O2. The van der Waals surface area contributed by atoms with E-state index in [1.807, 2.05) is 36.4 Å². The Kier molecular flexibility index (Phi) is 3.84. The first-order valence-electron chi connectivity index (χ1n) is 6.73. The Balaban J connectivity index is 2.00. The highest BCUT2D eigenvalue weighted by Gasteiger charge is 2.10. The van der Waals surface area contributed by atoms with Crippen molar-refractivity contribution in [1.82, 2.24) is 9.97 Å². The van der Waals surface area contributed by atoms with Crippen LogP contribution in [0.3, 0.4) is 0 Å². The van der Waals surface area contributed by atoms with Crippen molar-refractivity contribution in [2.75, 3.05) is 7.11 Å². The van der Waals surface area contributed by atoms with Gasteiger partial charge in [0.05, 0.1) is 7.11 Å². The highest BCUT2D eigenvalue weighted by Crippen LogP contribution is 2.27. The predicted octanol–water partition coefficient (Wildman–Crippen LogP) is 3.09. The molecule has 0 atom stereocenters. The molecule has 5 nitrogen and oxygen atoms in total. The number of methoxy groups -OCH3 is 1. The molecule has 0 unspecified atom stereocenters. The van der Waals surface area contributed by atoms with Crippen LogP contribution >= 0.6 is 0 Å². The number of hydrogen-bond acceptors (Lipinski definition) is 5. The molecule has 3 aromatic rings. The van der Waals surface area contributed by atoms with Gasteiger partial charge in [-0.3, -0.25) is 0 Å². The van der Waals surface area contributed by atoms with Crippen LogP contribution in [0.25, 0.3) is 10.9 Å².